The molecule has 9 nitrogen and oxygen atoms in total. The molecule has 96 valence electrons. The molecular formula is C9H14N8O. The van der Waals surface area contributed by atoms with Crippen molar-refractivity contribution in [2.75, 3.05) is 14.1 Å². The second-order valence-electron chi connectivity index (χ2n) is 3.26. The molecule has 18 heavy (non-hydrogen) atoms. The predicted octanol–water partition coefficient (Wildman–Crippen LogP) is 0.479. The Hall–Kier alpha value is -2.71. The lowest BCUT2D eigenvalue weighted by Crippen LogP contribution is -2.11. The van der Waals surface area contributed by atoms with Gasteiger partial charge in [0.2, 0.25) is 0 Å². The van der Waals surface area contributed by atoms with Crippen molar-refractivity contribution >= 4 is 11.7 Å². The molecule has 0 saturated carbocycles. The van der Waals surface area contributed by atoms with Crippen molar-refractivity contribution in [1.82, 2.24) is 24.9 Å². The molecule has 0 bridgehead atoms. The lowest BCUT2D eigenvalue weighted by atomic mass is 10.4. The predicted molar refractivity (Wildman–Crippen MR) is 63.9 cm³/mol. The average Bonchev–Trinajstić information content (AvgIpc) is 3.00. The molecule has 0 saturated heterocycles. The minimum absolute atomic E-state index is 0.0885. The summed E-state index contributed by atoms with van der Waals surface area (Å²) in [6.45, 7) is 0. The molecule has 0 aliphatic carbocycles. The maximum absolute atomic E-state index is 10.8. The van der Waals surface area contributed by atoms with Gasteiger partial charge in [0.15, 0.2) is 11.5 Å². The van der Waals surface area contributed by atoms with E-state index in [0.717, 1.165) is 0 Å². The number of nitrogens with two attached hydrogens (primary N) is 1. The smallest absolute Gasteiger partial charge is 0.271 e. The summed E-state index contributed by atoms with van der Waals surface area (Å²) in [5.41, 5.74) is 5.12. The first-order valence-corrected chi connectivity index (χ1v) is 4.96. The fourth-order valence-electron chi connectivity index (χ4n) is 0.893. The van der Waals surface area contributed by atoms with Crippen LogP contribution in [0.5, 0.6) is 0 Å². The van der Waals surface area contributed by atoms with E-state index in [1.54, 1.807) is 32.8 Å². The van der Waals surface area contributed by atoms with Crippen molar-refractivity contribution in [1.29, 1.82) is 0 Å². The molecule has 2 aromatic heterocycles. The van der Waals surface area contributed by atoms with Crippen LogP contribution in [-0.2, 0) is 0 Å². The SMILES string of the molecule is CN(C)/N=N/c1[nH]cnc1C(N)=O.c1c[nH]cn1. The van der Waals surface area contributed by atoms with Crippen molar-refractivity contribution in [3.05, 3.63) is 30.7 Å². The van der Waals surface area contributed by atoms with Gasteiger partial charge in [0, 0.05) is 26.5 Å². The van der Waals surface area contributed by atoms with Gasteiger partial charge in [-0.25, -0.2) is 9.97 Å². The average molecular weight is 250 g/mol. The van der Waals surface area contributed by atoms with E-state index in [-0.39, 0.29) is 11.5 Å². The third-order valence-electron chi connectivity index (χ3n) is 1.58. The number of amides is 1. The molecule has 2 heterocycles. The maximum Gasteiger partial charge on any atom is 0.271 e. The zero-order valence-electron chi connectivity index (χ0n) is 10.0. The van der Waals surface area contributed by atoms with Crippen molar-refractivity contribution in [3.63, 3.8) is 0 Å². The molecular weight excluding hydrogens is 236 g/mol. The Morgan fingerprint density at radius 3 is 2.67 bits per heavy atom. The van der Waals surface area contributed by atoms with Gasteiger partial charge in [-0.1, -0.05) is 5.22 Å². The fourth-order valence-corrected chi connectivity index (χ4v) is 0.893. The highest BCUT2D eigenvalue weighted by molar-refractivity contribution is 5.94. The van der Waals surface area contributed by atoms with Crippen LogP contribution in [0.25, 0.3) is 0 Å². The Balaban J connectivity index is 0.000000269. The molecule has 0 spiro atoms. The third kappa shape index (κ3) is 4.43. The number of primary amides is 1. The molecule has 0 unspecified atom stereocenters. The second kappa shape index (κ2) is 6.78. The number of nitrogens with one attached hydrogen (secondary N) is 2. The van der Waals surface area contributed by atoms with Gasteiger partial charge >= 0.3 is 0 Å². The summed E-state index contributed by atoms with van der Waals surface area (Å²) in [5, 5.41) is 8.90. The molecule has 0 aliphatic heterocycles. The molecule has 0 radical (unpaired) electrons. The highest BCUT2D eigenvalue weighted by Crippen LogP contribution is 2.12. The molecule has 2 rings (SSSR count). The standard InChI is InChI=1S/C6H10N6O.C3H4N2/c1-12(2)11-10-6-4(5(7)13)8-3-9-6;1-2-5-3-4-1/h3H,1-2H3,(H2,7,13)(H,8,9);1-3H,(H,4,5)/b11-10+;. The van der Waals surface area contributed by atoms with E-state index in [9.17, 15) is 4.79 Å². The van der Waals surface area contributed by atoms with E-state index in [1.807, 2.05) is 0 Å². The summed E-state index contributed by atoms with van der Waals surface area (Å²) in [6.07, 6.45) is 6.42. The zero-order chi connectivity index (χ0) is 13.4. The highest BCUT2D eigenvalue weighted by Gasteiger charge is 2.09. The van der Waals surface area contributed by atoms with E-state index in [1.165, 1.54) is 11.3 Å². The van der Waals surface area contributed by atoms with Crippen LogP contribution in [0, 0.1) is 0 Å². The van der Waals surface area contributed by atoms with Crippen LogP contribution in [0.15, 0.2) is 35.4 Å². The van der Waals surface area contributed by atoms with Gasteiger partial charge in [-0.15, -0.1) is 5.11 Å². The minimum Gasteiger partial charge on any atom is -0.364 e. The van der Waals surface area contributed by atoms with Gasteiger partial charge in [0.05, 0.1) is 12.7 Å². The quantitative estimate of drug-likeness (QED) is 0.540. The summed E-state index contributed by atoms with van der Waals surface area (Å²) in [6, 6.07) is 0. The summed E-state index contributed by atoms with van der Waals surface area (Å²) in [5.74, 6) is -0.366. The number of carbonyl (C=O) groups excluding carboxylic acids is 1. The highest BCUT2D eigenvalue weighted by atomic mass is 16.1. The number of rotatable bonds is 3. The van der Waals surface area contributed by atoms with Crippen LogP contribution in [-0.4, -0.2) is 44.9 Å². The summed E-state index contributed by atoms with van der Waals surface area (Å²) in [4.78, 5) is 23.5. The molecule has 2 aromatic rings. The molecule has 0 atom stereocenters. The van der Waals surface area contributed by atoms with Gasteiger partial charge in [0.1, 0.15) is 0 Å². The Bertz CT molecular complexity index is 469. The molecule has 0 aromatic carbocycles. The first kappa shape index (κ1) is 13.4. The topological polar surface area (TPSA) is 128 Å². The summed E-state index contributed by atoms with van der Waals surface area (Å²) >= 11 is 0. The Kier molecular flexibility index (Phi) is 5.03. The molecule has 9 heteroatoms. The number of nitrogens with zero attached hydrogens (tertiary/aromatic N) is 5. The Morgan fingerprint density at radius 1 is 1.44 bits per heavy atom. The van der Waals surface area contributed by atoms with E-state index in [0.29, 0.717) is 0 Å². The first-order chi connectivity index (χ1) is 8.61. The van der Waals surface area contributed by atoms with Crippen LogP contribution >= 0.6 is 0 Å². The minimum atomic E-state index is -0.631. The third-order valence-corrected chi connectivity index (χ3v) is 1.58. The van der Waals surface area contributed by atoms with Crippen LogP contribution in [0.1, 0.15) is 10.5 Å². The lowest BCUT2D eigenvalue weighted by Gasteiger charge is -1.99. The number of carbonyl (C=O) groups is 1. The summed E-state index contributed by atoms with van der Waals surface area (Å²) < 4.78 is 0. The molecule has 1 amide bonds. The fraction of sp³-hybridized carbons (Fsp3) is 0.222. The Morgan fingerprint density at radius 2 is 2.22 bits per heavy atom. The zero-order valence-corrected chi connectivity index (χ0v) is 10.0. The van der Waals surface area contributed by atoms with Crippen LogP contribution in [0.3, 0.4) is 0 Å². The first-order valence-electron chi connectivity index (χ1n) is 4.96. The second-order valence-corrected chi connectivity index (χ2v) is 3.26. The number of hydrogen-bond acceptors (Lipinski definition) is 5. The van der Waals surface area contributed by atoms with Gasteiger partial charge in [0.25, 0.3) is 5.91 Å². The normalized spacial score (nSPS) is 9.89. The number of imidazole rings is 2. The number of aromatic amines is 2. The van der Waals surface area contributed by atoms with Crippen molar-refractivity contribution < 1.29 is 4.79 Å². The largest absolute Gasteiger partial charge is 0.364 e. The number of hydrogen-bond donors (Lipinski definition) is 3. The van der Waals surface area contributed by atoms with E-state index in [4.69, 9.17) is 5.73 Å². The van der Waals surface area contributed by atoms with Crippen molar-refractivity contribution in [2.24, 2.45) is 16.1 Å². The van der Waals surface area contributed by atoms with Gasteiger partial charge in [-0.3, -0.25) is 9.80 Å². The number of H-pyrrole nitrogens is 2. The van der Waals surface area contributed by atoms with Gasteiger partial charge in [-0.05, 0) is 0 Å². The van der Waals surface area contributed by atoms with E-state index in [2.05, 4.69) is 30.3 Å². The van der Waals surface area contributed by atoms with Gasteiger partial charge < -0.3 is 15.7 Å². The molecule has 4 N–H and O–H groups in total. The van der Waals surface area contributed by atoms with E-state index >= 15 is 0 Å². The lowest BCUT2D eigenvalue weighted by molar-refractivity contribution is 0.0996. The molecule has 0 aliphatic rings. The van der Waals surface area contributed by atoms with E-state index < -0.39 is 5.91 Å². The maximum atomic E-state index is 10.8. The van der Waals surface area contributed by atoms with Crippen molar-refractivity contribution in [3.8, 4) is 0 Å². The monoisotopic (exact) mass is 250 g/mol. The summed E-state index contributed by atoms with van der Waals surface area (Å²) in [7, 11) is 3.42. The number of aromatic nitrogens is 4. The van der Waals surface area contributed by atoms with Gasteiger partial charge in [-0.2, -0.15) is 0 Å². The van der Waals surface area contributed by atoms with Crippen LogP contribution in [0.2, 0.25) is 0 Å². The van der Waals surface area contributed by atoms with Crippen molar-refractivity contribution in [2.45, 2.75) is 0 Å². The van der Waals surface area contributed by atoms with Crippen LogP contribution in [0.4, 0.5) is 5.82 Å². The Labute approximate surface area is 103 Å². The van der Waals surface area contributed by atoms with Crippen LogP contribution < -0.4 is 5.73 Å². The molecule has 0 fully saturated rings.